The van der Waals surface area contributed by atoms with E-state index in [1.165, 1.54) is 12.1 Å². The standard InChI is InChI=1S/C19H25N3O6/c1-14-4-6-20(7-5-14)16-3-2-15(12-17(16)22(25)26)19(24)28-13-18(23)21-8-10-27-11-9-21/h2-3,12,14H,4-11,13H2,1H3. The minimum absolute atomic E-state index is 0.0654. The monoisotopic (exact) mass is 391 g/mol. The molecule has 0 aromatic heterocycles. The highest BCUT2D eigenvalue weighted by molar-refractivity contribution is 5.93. The number of hydrogen-bond acceptors (Lipinski definition) is 7. The summed E-state index contributed by atoms with van der Waals surface area (Å²) in [5, 5.41) is 11.5. The van der Waals surface area contributed by atoms with E-state index in [-0.39, 0.29) is 17.2 Å². The second-order valence-electron chi connectivity index (χ2n) is 7.20. The minimum atomic E-state index is -0.747. The van der Waals surface area contributed by atoms with Crippen LogP contribution in [0.5, 0.6) is 0 Å². The molecule has 2 aliphatic rings. The summed E-state index contributed by atoms with van der Waals surface area (Å²) in [5.74, 6) is -0.442. The molecule has 1 amide bonds. The molecule has 0 radical (unpaired) electrons. The van der Waals surface area contributed by atoms with Crippen LogP contribution in [0.1, 0.15) is 30.1 Å². The van der Waals surface area contributed by atoms with Crippen molar-refractivity contribution in [2.45, 2.75) is 19.8 Å². The highest BCUT2D eigenvalue weighted by Gasteiger charge is 2.25. The average Bonchev–Trinajstić information content (AvgIpc) is 2.72. The molecule has 0 unspecified atom stereocenters. The van der Waals surface area contributed by atoms with Gasteiger partial charge in [0.05, 0.1) is 23.7 Å². The number of carbonyl (C=O) groups is 2. The molecular weight excluding hydrogens is 366 g/mol. The molecule has 0 spiro atoms. The van der Waals surface area contributed by atoms with Gasteiger partial charge in [-0.05, 0) is 30.9 Å². The first-order valence-corrected chi connectivity index (χ1v) is 9.51. The van der Waals surface area contributed by atoms with Crippen LogP contribution in [0.25, 0.3) is 0 Å². The molecule has 0 N–H and O–H groups in total. The van der Waals surface area contributed by atoms with E-state index in [1.807, 2.05) is 4.90 Å². The summed E-state index contributed by atoms with van der Waals surface area (Å²) < 4.78 is 10.2. The number of nitro benzene ring substituents is 1. The van der Waals surface area contributed by atoms with Crippen LogP contribution in [0.4, 0.5) is 11.4 Å². The van der Waals surface area contributed by atoms with Crippen molar-refractivity contribution in [2.24, 2.45) is 5.92 Å². The molecule has 2 heterocycles. The Morgan fingerprint density at radius 1 is 1.21 bits per heavy atom. The lowest BCUT2D eigenvalue weighted by Crippen LogP contribution is -2.42. The Labute approximate surface area is 163 Å². The summed E-state index contributed by atoms with van der Waals surface area (Å²) in [6.07, 6.45) is 1.95. The lowest BCUT2D eigenvalue weighted by Gasteiger charge is -2.31. The second-order valence-corrected chi connectivity index (χ2v) is 7.20. The van der Waals surface area contributed by atoms with Crippen LogP contribution in [0, 0.1) is 16.0 Å². The van der Waals surface area contributed by atoms with Crippen LogP contribution in [-0.4, -0.2) is 67.7 Å². The van der Waals surface area contributed by atoms with E-state index < -0.39 is 17.5 Å². The molecular formula is C19H25N3O6. The molecule has 2 saturated heterocycles. The molecule has 1 aromatic rings. The van der Waals surface area contributed by atoms with Crippen molar-refractivity contribution in [2.75, 3.05) is 50.9 Å². The van der Waals surface area contributed by atoms with Gasteiger partial charge in [-0.2, -0.15) is 0 Å². The zero-order valence-corrected chi connectivity index (χ0v) is 16.0. The van der Waals surface area contributed by atoms with Crippen LogP contribution >= 0.6 is 0 Å². The Morgan fingerprint density at radius 3 is 2.54 bits per heavy atom. The van der Waals surface area contributed by atoms with E-state index in [1.54, 1.807) is 11.0 Å². The number of rotatable bonds is 5. The first-order chi connectivity index (χ1) is 13.5. The van der Waals surface area contributed by atoms with Crippen molar-refractivity contribution in [1.29, 1.82) is 0 Å². The fourth-order valence-electron chi connectivity index (χ4n) is 3.43. The highest BCUT2D eigenvalue weighted by Crippen LogP contribution is 2.32. The van der Waals surface area contributed by atoms with E-state index in [2.05, 4.69) is 6.92 Å². The lowest BCUT2D eigenvalue weighted by atomic mass is 9.98. The third kappa shape index (κ3) is 4.78. The van der Waals surface area contributed by atoms with Gasteiger partial charge >= 0.3 is 5.97 Å². The number of morpholine rings is 1. The summed E-state index contributed by atoms with van der Waals surface area (Å²) in [4.78, 5) is 39.0. The van der Waals surface area contributed by atoms with E-state index in [0.29, 0.717) is 37.9 Å². The molecule has 0 saturated carbocycles. The van der Waals surface area contributed by atoms with Crippen molar-refractivity contribution in [3.8, 4) is 0 Å². The molecule has 152 valence electrons. The predicted molar refractivity (Wildman–Crippen MR) is 101 cm³/mol. The summed E-state index contributed by atoms with van der Waals surface area (Å²) in [5.41, 5.74) is 0.456. The van der Waals surface area contributed by atoms with Crippen molar-refractivity contribution in [1.82, 2.24) is 4.90 Å². The summed E-state index contributed by atoms with van der Waals surface area (Å²) in [6.45, 7) is 5.13. The van der Waals surface area contributed by atoms with Crippen molar-refractivity contribution < 1.29 is 24.0 Å². The van der Waals surface area contributed by atoms with Gasteiger partial charge in [-0.15, -0.1) is 0 Å². The number of anilines is 1. The Kier molecular flexibility index (Phi) is 6.45. The molecule has 28 heavy (non-hydrogen) atoms. The number of benzene rings is 1. The number of piperidine rings is 1. The van der Waals surface area contributed by atoms with Gasteiger partial charge in [0.15, 0.2) is 6.61 Å². The third-order valence-electron chi connectivity index (χ3n) is 5.22. The number of ether oxygens (including phenoxy) is 2. The zero-order chi connectivity index (χ0) is 20.1. The number of hydrogen-bond donors (Lipinski definition) is 0. The Balaban J connectivity index is 1.66. The third-order valence-corrected chi connectivity index (χ3v) is 5.22. The number of esters is 1. The maximum atomic E-state index is 12.3. The quantitative estimate of drug-likeness (QED) is 0.429. The number of nitrogens with zero attached hydrogens (tertiary/aromatic N) is 3. The summed E-state index contributed by atoms with van der Waals surface area (Å²) in [7, 11) is 0. The van der Waals surface area contributed by atoms with Crippen molar-refractivity contribution in [3.05, 3.63) is 33.9 Å². The van der Waals surface area contributed by atoms with Gasteiger partial charge < -0.3 is 19.3 Å². The van der Waals surface area contributed by atoms with Crippen LogP contribution in [-0.2, 0) is 14.3 Å². The van der Waals surface area contributed by atoms with E-state index in [0.717, 1.165) is 25.9 Å². The van der Waals surface area contributed by atoms with Gasteiger partial charge in [-0.3, -0.25) is 14.9 Å². The molecule has 0 aliphatic carbocycles. The number of amides is 1. The number of carbonyl (C=O) groups excluding carboxylic acids is 2. The summed E-state index contributed by atoms with van der Waals surface area (Å²) >= 11 is 0. The molecule has 1 aromatic carbocycles. The largest absolute Gasteiger partial charge is 0.452 e. The predicted octanol–water partition coefficient (Wildman–Crippen LogP) is 1.85. The van der Waals surface area contributed by atoms with Gasteiger partial charge in [0.2, 0.25) is 0 Å². The van der Waals surface area contributed by atoms with Gasteiger partial charge in [-0.25, -0.2) is 4.79 Å². The van der Waals surface area contributed by atoms with Gasteiger partial charge in [0.25, 0.3) is 11.6 Å². The van der Waals surface area contributed by atoms with Crippen molar-refractivity contribution in [3.63, 3.8) is 0 Å². The topological polar surface area (TPSA) is 102 Å². The SMILES string of the molecule is CC1CCN(c2ccc(C(=O)OCC(=O)N3CCOCC3)cc2[N+](=O)[O-])CC1. The fraction of sp³-hybridized carbons (Fsp3) is 0.579. The molecule has 2 aliphatic heterocycles. The van der Waals surface area contributed by atoms with E-state index in [9.17, 15) is 19.7 Å². The normalized spacial score (nSPS) is 18.0. The first kappa shape index (κ1) is 20.1. The van der Waals surface area contributed by atoms with Crippen LogP contribution in [0.15, 0.2) is 18.2 Å². The lowest BCUT2D eigenvalue weighted by molar-refractivity contribution is -0.384. The highest BCUT2D eigenvalue weighted by atomic mass is 16.6. The maximum Gasteiger partial charge on any atom is 0.338 e. The Morgan fingerprint density at radius 2 is 1.89 bits per heavy atom. The number of nitro groups is 1. The molecule has 3 rings (SSSR count). The van der Waals surface area contributed by atoms with Crippen LogP contribution in [0.3, 0.4) is 0 Å². The Bertz CT molecular complexity index is 739. The fourth-order valence-corrected chi connectivity index (χ4v) is 3.43. The van der Waals surface area contributed by atoms with Crippen molar-refractivity contribution >= 4 is 23.3 Å². The molecule has 2 fully saturated rings. The van der Waals surface area contributed by atoms with E-state index in [4.69, 9.17) is 9.47 Å². The van der Waals surface area contributed by atoms with Gasteiger partial charge in [0, 0.05) is 32.2 Å². The molecule has 9 heteroatoms. The van der Waals surface area contributed by atoms with E-state index >= 15 is 0 Å². The molecule has 9 nitrogen and oxygen atoms in total. The Hall–Kier alpha value is -2.68. The summed E-state index contributed by atoms with van der Waals surface area (Å²) in [6, 6.07) is 4.34. The smallest absolute Gasteiger partial charge is 0.338 e. The van der Waals surface area contributed by atoms with Gasteiger partial charge in [-0.1, -0.05) is 6.92 Å². The van der Waals surface area contributed by atoms with Crippen LogP contribution in [0.2, 0.25) is 0 Å². The minimum Gasteiger partial charge on any atom is -0.452 e. The average molecular weight is 391 g/mol. The molecule has 0 bridgehead atoms. The molecule has 0 atom stereocenters. The maximum absolute atomic E-state index is 12.3. The van der Waals surface area contributed by atoms with Gasteiger partial charge in [0.1, 0.15) is 5.69 Å². The zero-order valence-electron chi connectivity index (χ0n) is 16.0. The first-order valence-electron chi connectivity index (χ1n) is 9.51. The van der Waals surface area contributed by atoms with Crippen LogP contribution < -0.4 is 4.90 Å². The second kappa shape index (κ2) is 9.01.